The van der Waals surface area contributed by atoms with Crippen molar-refractivity contribution in [3.05, 3.63) is 0 Å². The Morgan fingerprint density at radius 3 is 2.65 bits per heavy atom. The maximum Gasteiger partial charge on any atom is 0.223 e. The average Bonchev–Trinajstić information content (AvgIpc) is 2.24. The van der Waals surface area contributed by atoms with Gasteiger partial charge in [0.05, 0.1) is 11.9 Å². The van der Waals surface area contributed by atoms with Crippen molar-refractivity contribution in [2.24, 2.45) is 0 Å². The predicted molar refractivity (Wildman–Crippen MR) is 61.1 cm³/mol. The van der Waals surface area contributed by atoms with Crippen molar-refractivity contribution in [2.45, 2.75) is 28.3 Å². The van der Waals surface area contributed by atoms with Crippen molar-refractivity contribution < 1.29 is 26.3 Å². The molecule has 2 aliphatic rings. The van der Waals surface area contributed by atoms with Gasteiger partial charge in [-0.1, -0.05) is 0 Å². The summed E-state index contributed by atoms with van der Waals surface area (Å²) in [6, 6.07) is 0. The molecular weight excluding hydrogens is 268 g/mol. The lowest BCUT2D eigenvalue weighted by Gasteiger charge is -2.53. The zero-order valence-corrected chi connectivity index (χ0v) is 11.4. The van der Waals surface area contributed by atoms with Crippen LogP contribution in [0.25, 0.3) is 0 Å². The molecule has 0 bridgehead atoms. The first kappa shape index (κ1) is 13.3. The van der Waals surface area contributed by atoms with E-state index in [0.29, 0.717) is 19.4 Å². The zero-order valence-electron chi connectivity index (χ0n) is 9.75. The molecule has 2 rings (SSSR count). The second-order valence-corrected chi connectivity index (χ2v) is 9.49. The Morgan fingerprint density at radius 1 is 1.47 bits per heavy atom. The van der Waals surface area contributed by atoms with E-state index in [4.69, 9.17) is 9.47 Å². The SMILES string of the molecule is COC[C@]1(S(C)(=O)=O)[C@@H]2OCCC[C@@H]2S1(=O)=O. The third kappa shape index (κ3) is 1.50. The van der Waals surface area contributed by atoms with Gasteiger partial charge in [-0.15, -0.1) is 0 Å². The molecule has 6 nitrogen and oxygen atoms in total. The van der Waals surface area contributed by atoms with E-state index in [1.54, 1.807) is 0 Å². The van der Waals surface area contributed by atoms with Crippen molar-refractivity contribution in [3.63, 3.8) is 0 Å². The number of sulfone groups is 2. The monoisotopic (exact) mass is 284 g/mol. The lowest BCUT2D eigenvalue weighted by Crippen LogP contribution is -2.76. The minimum atomic E-state index is -3.81. The van der Waals surface area contributed by atoms with Gasteiger partial charge >= 0.3 is 0 Å². The van der Waals surface area contributed by atoms with Crippen LogP contribution in [-0.2, 0) is 29.1 Å². The smallest absolute Gasteiger partial charge is 0.223 e. The standard InChI is InChI=1S/C9H16O6S2/c1-14-6-9(16(2,10)11)8-7(17(9,12)13)4-3-5-15-8/h7-8H,3-6H2,1-2H3/t7-,8+,9+/m0/s1. The maximum atomic E-state index is 12.2. The van der Waals surface area contributed by atoms with Crippen molar-refractivity contribution in [1.82, 2.24) is 0 Å². The second kappa shape index (κ2) is 3.91. The van der Waals surface area contributed by atoms with E-state index in [0.717, 1.165) is 6.26 Å². The zero-order chi connectivity index (χ0) is 12.9. The summed E-state index contributed by atoms with van der Waals surface area (Å²) in [7, 11) is -6.26. The molecule has 0 N–H and O–H groups in total. The Balaban J connectivity index is 2.53. The summed E-state index contributed by atoms with van der Waals surface area (Å²) in [5.74, 6) is 0. The average molecular weight is 284 g/mol. The first-order valence-electron chi connectivity index (χ1n) is 5.32. The normalized spacial score (nSPS) is 40.4. The topological polar surface area (TPSA) is 86.7 Å². The van der Waals surface area contributed by atoms with Crippen LogP contribution in [0, 0.1) is 0 Å². The van der Waals surface area contributed by atoms with Crippen molar-refractivity contribution in [2.75, 3.05) is 26.6 Å². The highest BCUT2D eigenvalue weighted by molar-refractivity contribution is 8.11. The van der Waals surface area contributed by atoms with E-state index >= 15 is 0 Å². The Bertz CT molecular complexity index is 508. The van der Waals surface area contributed by atoms with Gasteiger partial charge in [-0.05, 0) is 12.8 Å². The highest BCUT2D eigenvalue weighted by Crippen LogP contribution is 2.49. The summed E-state index contributed by atoms with van der Waals surface area (Å²) in [4.78, 5) is 0. The molecule has 0 amide bonds. The Kier molecular flexibility index (Phi) is 3.05. The highest BCUT2D eigenvalue weighted by atomic mass is 32.3. The number of ether oxygens (including phenoxy) is 2. The number of hydrogen-bond acceptors (Lipinski definition) is 6. The van der Waals surface area contributed by atoms with Gasteiger partial charge in [-0.3, -0.25) is 0 Å². The fourth-order valence-corrected chi connectivity index (χ4v) is 8.09. The summed E-state index contributed by atoms with van der Waals surface area (Å²) < 4.78 is 56.4. The molecule has 0 radical (unpaired) electrons. The molecule has 2 saturated heterocycles. The van der Waals surface area contributed by atoms with Crippen molar-refractivity contribution in [1.29, 1.82) is 0 Å². The second-order valence-electron chi connectivity index (χ2n) is 4.53. The summed E-state index contributed by atoms with van der Waals surface area (Å²) in [6.07, 6.45) is 1.26. The largest absolute Gasteiger partial charge is 0.382 e. The van der Waals surface area contributed by atoms with Crippen LogP contribution in [0.15, 0.2) is 0 Å². The minimum Gasteiger partial charge on any atom is -0.382 e. The molecule has 0 aliphatic carbocycles. The van der Waals surface area contributed by atoms with Gasteiger partial charge in [-0.2, -0.15) is 0 Å². The van der Waals surface area contributed by atoms with E-state index in [-0.39, 0.29) is 6.61 Å². The third-order valence-corrected chi connectivity index (χ3v) is 9.36. The van der Waals surface area contributed by atoms with E-state index in [1.807, 2.05) is 0 Å². The summed E-state index contributed by atoms with van der Waals surface area (Å²) in [5.41, 5.74) is 0. The van der Waals surface area contributed by atoms with Gasteiger partial charge in [0.2, 0.25) is 4.08 Å². The van der Waals surface area contributed by atoms with Gasteiger partial charge in [0.25, 0.3) is 0 Å². The molecular formula is C9H16O6S2. The molecule has 0 aromatic heterocycles. The predicted octanol–water partition coefficient (Wildman–Crippen LogP) is -0.650. The van der Waals surface area contributed by atoms with Gasteiger partial charge in [-0.25, -0.2) is 16.8 Å². The maximum absolute atomic E-state index is 12.2. The van der Waals surface area contributed by atoms with Gasteiger partial charge in [0.15, 0.2) is 19.7 Å². The van der Waals surface area contributed by atoms with Gasteiger partial charge in [0.1, 0.15) is 6.10 Å². The molecule has 8 heteroatoms. The number of methoxy groups -OCH3 is 1. The molecule has 3 atom stereocenters. The third-order valence-electron chi connectivity index (χ3n) is 3.55. The van der Waals surface area contributed by atoms with Crippen molar-refractivity contribution >= 4 is 19.7 Å². The Morgan fingerprint density at radius 2 is 2.12 bits per heavy atom. The van der Waals surface area contributed by atoms with E-state index < -0.39 is 35.1 Å². The number of fused-ring (bicyclic) bond motifs is 1. The molecule has 0 unspecified atom stereocenters. The highest BCUT2D eigenvalue weighted by Gasteiger charge is 2.74. The van der Waals surface area contributed by atoms with Crippen molar-refractivity contribution in [3.8, 4) is 0 Å². The van der Waals surface area contributed by atoms with Crippen LogP contribution in [0.4, 0.5) is 0 Å². The van der Waals surface area contributed by atoms with Crippen LogP contribution in [0.1, 0.15) is 12.8 Å². The molecule has 100 valence electrons. The lowest BCUT2D eigenvalue weighted by molar-refractivity contribution is -0.0247. The van der Waals surface area contributed by atoms with Crippen LogP contribution >= 0.6 is 0 Å². The number of hydrogen-bond donors (Lipinski definition) is 0. The van der Waals surface area contributed by atoms with Gasteiger partial charge < -0.3 is 9.47 Å². The van der Waals surface area contributed by atoms with Gasteiger partial charge in [0, 0.05) is 20.0 Å². The van der Waals surface area contributed by atoms with Crippen LogP contribution < -0.4 is 0 Å². The fraction of sp³-hybridized carbons (Fsp3) is 1.00. The Labute approximate surface area is 101 Å². The molecule has 2 fully saturated rings. The van der Waals surface area contributed by atoms with Crippen LogP contribution in [-0.4, -0.2) is 58.8 Å². The molecule has 0 saturated carbocycles. The molecule has 2 aliphatic heterocycles. The molecule has 17 heavy (non-hydrogen) atoms. The summed E-state index contributed by atoms with van der Waals surface area (Å²) in [5, 5.41) is -0.693. The summed E-state index contributed by atoms with van der Waals surface area (Å²) >= 11 is 0. The molecule has 0 spiro atoms. The fourth-order valence-electron chi connectivity index (χ4n) is 2.72. The van der Waals surface area contributed by atoms with Crippen LogP contribution in [0.3, 0.4) is 0 Å². The van der Waals surface area contributed by atoms with E-state index in [1.165, 1.54) is 7.11 Å². The quantitative estimate of drug-likeness (QED) is 0.684. The van der Waals surface area contributed by atoms with E-state index in [9.17, 15) is 16.8 Å². The first-order valence-corrected chi connectivity index (χ1v) is 8.76. The lowest BCUT2D eigenvalue weighted by atomic mass is 10.0. The van der Waals surface area contributed by atoms with Crippen LogP contribution in [0.2, 0.25) is 0 Å². The molecule has 0 aromatic rings. The minimum absolute atomic E-state index is 0.366. The summed E-state index contributed by atoms with van der Waals surface area (Å²) in [6.45, 7) is 0.0347. The molecule has 0 aromatic carbocycles. The van der Waals surface area contributed by atoms with E-state index in [2.05, 4.69) is 0 Å². The number of rotatable bonds is 3. The Hall–Kier alpha value is -0.180. The first-order chi connectivity index (χ1) is 7.79. The molecule has 2 heterocycles. The van der Waals surface area contributed by atoms with Crippen LogP contribution in [0.5, 0.6) is 0 Å².